The van der Waals surface area contributed by atoms with Crippen molar-refractivity contribution in [3.05, 3.63) is 89.0 Å². The minimum absolute atomic E-state index is 0.0611. The summed E-state index contributed by atoms with van der Waals surface area (Å²) in [6.45, 7) is 12.7. The van der Waals surface area contributed by atoms with Crippen molar-refractivity contribution in [1.29, 1.82) is 0 Å². The SMILES string of the molecule is COCCC(Nc1cc(COC2CN(C(=O)OC(C)(C)C)CCC2c2ccc(OCCCOCc3ccccc3OC)cc2)ccc1C)C(C)=O. The number of hydrogen-bond donors (Lipinski definition) is 1. The zero-order chi connectivity index (χ0) is 36.8. The lowest BCUT2D eigenvalue weighted by atomic mass is 9.87. The summed E-state index contributed by atoms with van der Waals surface area (Å²) in [4.78, 5) is 27.1. The maximum Gasteiger partial charge on any atom is 0.410 e. The van der Waals surface area contributed by atoms with Gasteiger partial charge in [0.2, 0.25) is 0 Å². The van der Waals surface area contributed by atoms with Crippen LogP contribution in [0.1, 0.15) is 75.1 Å². The first-order valence-corrected chi connectivity index (χ1v) is 17.8. The molecule has 0 aliphatic carbocycles. The first kappa shape index (κ1) is 39.7. The van der Waals surface area contributed by atoms with Crippen molar-refractivity contribution in [1.82, 2.24) is 4.90 Å². The Kier molecular flexibility index (Phi) is 15.1. The van der Waals surface area contributed by atoms with Crippen molar-refractivity contribution in [3.8, 4) is 11.5 Å². The second kappa shape index (κ2) is 19.5. The summed E-state index contributed by atoms with van der Waals surface area (Å²) in [5.74, 6) is 1.75. The lowest BCUT2D eigenvalue weighted by Gasteiger charge is -2.39. The third-order valence-corrected chi connectivity index (χ3v) is 8.87. The molecule has 3 aromatic carbocycles. The van der Waals surface area contributed by atoms with Crippen molar-refractivity contribution in [2.24, 2.45) is 0 Å². The van der Waals surface area contributed by atoms with Crippen LogP contribution in [0.25, 0.3) is 0 Å². The van der Waals surface area contributed by atoms with Crippen LogP contribution in [0.2, 0.25) is 0 Å². The number of carbonyl (C=O) groups excluding carboxylic acids is 2. The van der Waals surface area contributed by atoms with E-state index in [4.69, 9.17) is 28.4 Å². The molecule has 3 aromatic rings. The van der Waals surface area contributed by atoms with Gasteiger partial charge in [0.05, 0.1) is 52.2 Å². The van der Waals surface area contributed by atoms with Gasteiger partial charge in [-0.25, -0.2) is 4.79 Å². The Labute approximate surface area is 303 Å². The number of nitrogens with one attached hydrogen (secondary N) is 1. The van der Waals surface area contributed by atoms with Gasteiger partial charge < -0.3 is 38.6 Å². The van der Waals surface area contributed by atoms with Crippen LogP contribution in [0.3, 0.4) is 0 Å². The smallest absolute Gasteiger partial charge is 0.410 e. The molecule has 0 aromatic heterocycles. The summed E-state index contributed by atoms with van der Waals surface area (Å²) in [5, 5.41) is 3.40. The minimum atomic E-state index is -0.589. The molecule has 0 spiro atoms. The Hall–Kier alpha value is -4.12. The highest BCUT2D eigenvalue weighted by Gasteiger charge is 2.35. The molecule has 51 heavy (non-hydrogen) atoms. The number of rotatable bonds is 18. The van der Waals surface area contributed by atoms with Crippen molar-refractivity contribution >= 4 is 17.6 Å². The molecule has 1 saturated heterocycles. The molecule has 278 valence electrons. The molecule has 10 heteroatoms. The Bertz CT molecular complexity index is 1540. The molecule has 10 nitrogen and oxygen atoms in total. The van der Waals surface area contributed by atoms with E-state index in [1.807, 2.05) is 82.3 Å². The van der Waals surface area contributed by atoms with E-state index < -0.39 is 5.60 Å². The number of aryl methyl sites for hydroxylation is 1. The third kappa shape index (κ3) is 12.6. The van der Waals surface area contributed by atoms with E-state index in [9.17, 15) is 9.59 Å². The first-order valence-electron chi connectivity index (χ1n) is 17.8. The van der Waals surface area contributed by atoms with Gasteiger partial charge in [-0.05, 0) is 88.4 Å². The number of hydrogen-bond acceptors (Lipinski definition) is 9. The van der Waals surface area contributed by atoms with E-state index in [2.05, 4.69) is 17.4 Å². The fourth-order valence-electron chi connectivity index (χ4n) is 6.04. The van der Waals surface area contributed by atoms with E-state index in [0.29, 0.717) is 52.5 Å². The van der Waals surface area contributed by atoms with Crippen LogP contribution in [0.15, 0.2) is 66.7 Å². The van der Waals surface area contributed by atoms with Crippen LogP contribution in [0.4, 0.5) is 10.5 Å². The summed E-state index contributed by atoms with van der Waals surface area (Å²) < 4.78 is 34.8. The molecule has 3 unspecified atom stereocenters. The van der Waals surface area contributed by atoms with Gasteiger partial charge >= 0.3 is 6.09 Å². The summed E-state index contributed by atoms with van der Waals surface area (Å²) in [7, 11) is 3.30. The molecule has 3 atom stereocenters. The van der Waals surface area contributed by atoms with Crippen molar-refractivity contribution in [2.45, 2.75) is 90.8 Å². The van der Waals surface area contributed by atoms with Crippen LogP contribution >= 0.6 is 0 Å². The van der Waals surface area contributed by atoms with E-state index in [1.165, 1.54) is 0 Å². The molecule has 1 heterocycles. The fourth-order valence-corrected chi connectivity index (χ4v) is 6.04. The Morgan fingerprint density at radius 3 is 2.43 bits per heavy atom. The number of para-hydroxylation sites is 1. The number of amides is 1. The molecule has 1 fully saturated rings. The number of carbonyl (C=O) groups is 2. The van der Waals surface area contributed by atoms with Gasteiger partial charge in [-0.3, -0.25) is 4.79 Å². The summed E-state index contributed by atoms with van der Waals surface area (Å²) in [6.07, 6.45) is 1.48. The van der Waals surface area contributed by atoms with Gasteiger partial charge in [0.25, 0.3) is 0 Å². The number of likely N-dealkylation sites (tertiary alicyclic amines) is 1. The first-order chi connectivity index (χ1) is 24.5. The van der Waals surface area contributed by atoms with Gasteiger partial charge in [-0.1, -0.05) is 42.5 Å². The number of methoxy groups -OCH3 is 2. The van der Waals surface area contributed by atoms with Gasteiger partial charge in [-0.2, -0.15) is 0 Å². The number of piperidine rings is 1. The maximum atomic E-state index is 13.1. The molecule has 0 bridgehead atoms. The molecule has 1 amide bonds. The zero-order valence-electron chi connectivity index (χ0n) is 31.4. The Morgan fingerprint density at radius 2 is 1.73 bits per heavy atom. The quantitative estimate of drug-likeness (QED) is 0.133. The largest absolute Gasteiger partial charge is 0.496 e. The molecule has 1 N–H and O–H groups in total. The zero-order valence-corrected chi connectivity index (χ0v) is 31.4. The van der Waals surface area contributed by atoms with Crippen molar-refractivity contribution in [3.63, 3.8) is 0 Å². The average molecular weight is 705 g/mol. The molecular weight excluding hydrogens is 648 g/mol. The number of ether oxygens (including phenoxy) is 6. The minimum Gasteiger partial charge on any atom is -0.496 e. The van der Waals surface area contributed by atoms with E-state index in [0.717, 1.165) is 52.3 Å². The highest BCUT2D eigenvalue weighted by atomic mass is 16.6. The van der Waals surface area contributed by atoms with Crippen molar-refractivity contribution < 1.29 is 38.0 Å². The van der Waals surface area contributed by atoms with Crippen LogP contribution in [0.5, 0.6) is 11.5 Å². The monoisotopic (exact) mass is 704 g/mol. The predicted molar refractivity (Wildman–Crippen MR) is 199 cm³/mol. The van der Waals surface area contributed by atoms with Gasteiger partial charge in [-0.15, -0.1) is 0 Å². The van der Waals surface area contributed by atoms with Gasteiger partial charge in [0, 0.05) is 43.9 Å². The fraction of sp³-hybridized carbons (Fsp3) is 0.512. The second-order valence-electron chi connectivity index (χ2n) is 14.0. The summed E-state index contributed by atoms with van der Waals surface area (Å²) in [6, 6.07) is 21.8. The molecule has 0 saturated carbocycles. The number of benzene rings is 3. The van der Waals surface area contributed by atoms with Crippen LogP contribution < -0.4 is 14.8 Å². The Morgan fingerprint density at radius 1 is 0.961 bits per heavy atom. The predicted octanol–water partition coefficient (Wildman–Crippen LogP) is 7.71. The Balaban J connectivity index is 1.38. The van der Waals surface area contributed by atoms with Crippen LogP contribution in [-0.4, -0.2) is 81.7 Å². The molecular formula is C41H56N2O8. The second-order valence-corrected chi connectivity index (χ2v) is 14.0. The summed E-state index contributed by atoms with van der Waals surface area (Å²) >= 11 is 0. The number of nitrogens with zero attached hydrogens (tertiary/aromatic N) is 1. The standard InChI is InChI=1S/C41H56N2O8/c1-29-13-14-31(25-37(29)42-36(30(2)44)20-24-46-6)27-50-39-26-43(40(45)51-41(3,4)5)21-19-35(39)32-15-17-34(18-16-32)49-23-10-22-48-28-33-11-8-9-12-38(33)47-7/h8-9,11-18,25,35-36,39,42H,10,19-24,26-28H2,1-7H3. The molecule has 4 rings (SSSR count). The summed E-state index contributed by atoms with van der Waals surface area (Å²) in [5.41, 5.74) is 4.46. The van der Waals surface area contributed by atoms with Crippen LogP contribution in [0, 0.1) is 6.92 Å². The van der Waals surface area contributed by atoms with Crippen LogP contribution in [-0.2, 0) is 37.0 Å². The lowest BCUT2D eigenvalue weighted by molar-refractivity contribution is -0.118. The average Bonchev–Trinajstić information content (AvgIpc) is 3.11. The normalized spacial score (nSPS) is 16.7. The van der Waals surface area contributed by atoms with E-state index in [1.54, 1.807) is 26.0 Å². The molecule has 1 aliphatic rings. The number of Topliss-reactive ketones (excluding diaryl/α,β-unsaturated/α-hetero) is 1. The highest BCUT2D eigenvalue weighted by molar-refractivity contribution is 5.84. The number of anilines is 1. The molecule has 0 radical (unpaired) electrons. The lowest BCUT2D eigenvalue weighted by Crippen LogP contribution is -2.48. The van der Waals surface area contributed by atoms with E-state index >= 15 is 0 Å². The highest BCUT2D eigenvalue weighted by Crippen LogP contribution is 2.33. The topological polar surface area (TPSA) is 105 Å². The maximum absolute atomic E-state index is 13.1. The third-order valence-electron chi connectivity index (χ3n) is 8.87. The molecule has 1 aliphatic heterocycles. The van der Waals surface area contributed by atoms with Crippen molar-refractivity contribution in [2.75, 3.05) is 52.4 Å². The van der Waals surface area contributed by atoms with E-state index in [-0.39, 0.29) is 29.9 Å². The number of ketones is 1. The van der Waals surface area contributed by atoms with Gasteiger partial charge in [0.15, 0.2) is 5.78 Å². The van der Waals surface area contributed by atoms with Gasteiger partial charge in [0.1, 0.15) is 17.1 Å².